The molecule has 0 aliphatic carbocycles. The molecule has 0 N–H and O–H groups in total. The fraction of sp³-hybridized carbons (Fsp3) is 0.312. The van der Waals surface area contributed by atoms with Crippen LogP contribution in [0.3, 0.4) is 0 Å². The van der Waals surface area contributed by atoms with Crippen molar-refractivity contribution in [2.75, 3.05) is 6.61 Å². The van der Waals surface area contributed by atoms with Gasteiger partial charge < -0.3 is 4.74 Å². The topological polar surface area (TPSA) is 52.1 Å². The van der Waals surface area contributed by atoms with Crippen molar-refractivity contribution in [1.82, 2.24) is 9.97 Å². The van der Waals surface area contributed by atoms with Gasteiger partial charge in [-0.05, 0) is 43.9 Å². The molecule has 0 saturated heterocycles. The maximum atomic E-state index is 12.2. The van der Waals surface area contributed by atoms with Gasteiger partial charge in [0.15, 0.2) is 5.69 Å². The van der Waals surface area contributed by atoms with Crippen LogP contribution in [-0.4, -0.2) is 22.5 Å². The third kappa shape index (κ3) is 4.31. The number of fused-ring (bicyclic) bond motifs is 1. The number of hydrogen-bond donors (Lipinski definition) is 0. The van der Waals surface area contributed by atoms with Crippen molar-refractivity contribution >= 4 is 17.0 Å². The summed E-state index contributed by atoms with van der Waals surface area (Å²) in [5, 5.41) is 0. The fourth-order valence-corrected chi connectivity index (χ4v) is 1.88. The molecule has 2 aromatic rings. The number of ether oxygens (including phenoxy) is 1. The van der Waals surface area contributed by atoms with Crippen LogP contribution in [0.15, 0.2) is 42.1 Å². The van der Waals surface area contributed by atoms with Crippen LogP contribution in [0.5, 0.6) is 0 Å². The highest BCUT2D eigenvalue weighted by molar-refractivity contribution is 5.89. The molecule has 6 heteroatoms. The van der Waals surface area contributed by atoms with Crippen LogP contribution in [0.2, 0.25) is 0 Å². The lowest BCUT2D eigenvalue weighted by molar-refractivity contribution is 0.0491. The molecule has 1 aromatic heterocycles. The maximum absolute atomic E-state index is 12.2. The van der Waals surface area contributed by atoms with Crippen molar-refractivity contribution in [3.05, 3.63) is 47.8 Å². The first kappa shape index (κ1) is 16.0. The Balaban J connectivity index is 1.83. The molecule has 2 rings (SSSR count). The quantitative estimate of drug-likeness (QED) is 0.595. The van der Waals surface area contributed by atoms with E-state index in [2.05, 4.69) is 9.97 Å². The first-order chi connectivity index (χ1) is 10.6. The molecule has 0 aliphatic heterocycles. The van der Waals surface area contributed by atoms with Crippen LogP contribution >= 0.6 is 0 Å². The standard InChI is InChI=1S/C16H16F2N2O2/c1-11(15(17)18)6-4-5-9-22-16(21)14-10-19-12-7-2-3-8-13(12)20-14/h2-3,7-8,10H,4-6,9H2,1H3. The molecule has 0 amide bonds. The number of esters is 1. The van der Waals surface area contributed by atoms with Crippen molar-refractivity contribution in [2.45, 2.75) is 26.2 Å². The Morgan fingerprint density at radius 2 is 1.91 bits per heavy atom. The average Bonchev–Trinajstić information content (AvgIpc) is 2.53. The van der Waals surface area contributed by atoms with E-state index in [0.29, 0.717) is 30.3 Å². The summed E-state index contributed by atoms with van der Waals surface area (Å²) in [4.78, 5) is 20.2. The highest BCUT2D eigenvalue weighted by Crippen LogP contribution is 2.14. The van der Waals surface area contributed by atoms with Crippen molar-refractivity contribution in [3.63, 3.8) is 0 Å². The molecule has 0 radical (unpaired) electrons. The number of carbonyl (C=O) groups excluding carboxylic acids is 1. The number of para-hydroxylation sites is 2. The van der Waals surface area contributed by atoms with Crippen LogP contribution < -0.4 is 0 Å². The summed E-state index contributed by atoms with van der Waals surface area (Å²) in [7, 11) is 0. The van der Waals surface area contributed by atoms with E-state index in [4.69, 9.17) is 4.74 Å². The monoisotopic (exact) mass is 306 g/mol. The molecule has 0 aliphatic rings. The average molecular weight is 306 g/mol. The smallest absolute Gasteiger partial charge is 0.358 e. The summed E-state index contributed by atoms with van der Waals surface area (Å²) in [6, 6.07) is 7.22. The molecule has 22 heavy (non-hydrogen) atoms. The number of unbranched alkanes of at least 4 members (excludes halogenated alkanes) is 1. The predicted octanol–water partition coefficient (Wildman–Crippen LogP) is 4.13. The predicted molar refractivity (Wildman–Crippen MR) is 78.6 cm³/mol. The normalized spacial score (nSPS) is 10.5. The molecule has 0 bridgehead atoms. The lowest BCUT2D eigenvalue weighted by atomic mass is 10.1. The van der Waals surface area contributed by atoms with E-state index in [1.165, 1.54) is 13.1 Å². The number of nitrogens with zero attached hydrogens (tertiary/aromatic N) is 2. The highest BCUT2D eigenvalue weighted by atomic mass is 19.3. The molecular formula is C16H16F2N2O2. The van der Waals surface area contributed by atoms with Crippen LogP contribution in [0.1, 0.15) is 36.7 Å². The Labute approximate surface area is 126 Å². The highest BCUT2D eigenvalue weighted by Gasteiger charge is 2.10. The van der Waals surface area contributed by atoms with E-state index in [1.807, 2.05) is 12.1 Å². The summed E-state index contributed by atoms with van der Waals surface area (Å²) >= 11 is 0. The Morgan fingerprint density at radius 3 is 2.64 bits per heavy atom. The zero-order valence-electron chi connectivity index (χ0n) is 12.2. The summed E-state index contributed by atoms with van der Waals surface area (Å²) in [6.07, 6.45) is 1.10. The number of benzene rings is 1. The molecule has 0 spiro atoms. The SMILES string of the molecule is CC(CCCCOC(=O)c1cnc2ccccc2n1)=C(F)F. The molecule has 116 valence electrons. The van der Waals surface area contributed by atoms with E-state index in [9.17, 15) is 13.6 Å². The zero-order valence-corrected chi connectivity index (χ0v) is 12.2. The van der Waals surface area contributed by atoms with E-state index >= 15 is 0 Å². The van der Waals surface area contributed by atoms with Gasteiger partial charge in [0.1, 0.15) is 0 Å². The van der Waals surface area contributed by atoms with Crippen molar-refractivity contribution in [3.8, 4) is 0 Å². The van der Waals surface area contributed by atoms with Gasteiger partial charge in [-0.15, -0.1) is 0 Å². The lowest BCUT2D eigenvalue weighted by Crippen LogP contribution is -2.09. The lowest BCUT2D eigenvalue weighted by Gasteiger charge is -2.05. The van der Waals surface area contributed by atoms with Gasteiger partial charge in [0.2, 0.25) is 0 Å². The minimum atomic E-state index is -1.64. The molecule has 0 saturated carbocycles. The molecule has 0 unspecified atom stereocenters. The van der Waals surface area contributed by atoms with E-state index in [-0.39, 0.29) is 17.9 Å². The molecule has 0 atom stereocenters. The minimum absolute atomic E-state index is 0.0757. The summed E-state index contributed by atoms with van der Waals surface area (Å²) in [5.41, 5.74) is 1.54. The van der Waals surface area contributed by atoms with E-state index < -0.39 is 12.0 Å². The summed E-state index contributed by atoms with van der Waals surface area (Å²) in [5.74, 6) is -0.554. The number of hydrogen-bond acceptors (Lipinski definition) is 4. The molecular weight excluding hydrogens is 290 g/mol. The second-order valence-corrected chi connectivity index (χ2v) is 4.88. The van der Waals surface area contributed by atoms with Crippen LogP contribution in [0.4, 0.5) is 8.78 Å². The van der Waals surface area contributed by atoms with Gasteiger partial charge in [-0.2, -0.15) is 8.78 Å². The number of allylic oxidation sites excluding steroid dienone is 1. The maximum Gasteiger partial charge on any atom is 0.358 e. The van der Waals surface area contributed by atoms with Gasteiger partial charge in [0.25, 0.3) is 6.08 Å². The number of rotatable bonds is 6. The van der Waals surface area contributed by atoms with Crippen molar-refractivity contribution in [1.29, 1.82) is 0 Å². The molecule has 0 fully saturated rings. The first-order valence-corrected chi connectivity index (χ1v) is 6.97. The minimum Gasteiger partial charge on any atom is -0.461 e. The van der Waals surface area contributed by atoms with Crippen molar-refractivity contribution < 1.29 is 18.3 Å². The van der Waals surface area contributed by atoms with Gasteiger partial charge in [0.05, 0.1) is 23.8 Å². The summed E-state index contributed by atoms with van der Waals surface area (Å²) < 4.78 is 29.5. The largest absolute Gasteiger partial charge is 0.461 e. The Morgan fingerprint density at radius 1 is 1.18 bits per heavy atom. The second kappa shape index (κ2) is 7.59. The number of aromatic nitrogens is 2. The first-order valence-electron chi connectivity index (χ1n) is 6.97. The molecule has 1 aromatic carbocycles. The third-order valence-electron chi connectivity index (χ3n) is 3.16. The van der Waals surface area contributed by atoms with E-state index in [1.54, 1.807) is 12.1 Å². The van der Waals surface area contributed by atoms with E-state index in [0.717, 1.165) is 0 Å². The van der Waals surface area contributed by atoms with Gasteiger partial charge in [0, 0.05) is 0 Å². The zero-order chi connectivity index (χ0) is 15.9. The van der Waals surface area contributed by atoms with Gasteiger partial charge in [-0.25, -0.2) is 9.78 Å². The third-order valence-corrected chi connectivity index (χ3v) is 3.16. The van der Waals surface area contributed by atoms with Gasteiger partial charge >= 0.3 is 5.97 Å². The van der Waals surface area contributed by atoms with Gasteiger partial charge in [-0.1, -0.05) is 12.1 Å². The van der Waals surface area contributed by atoms with Crippen molar-refractivity contribution in [2.24, 2.45) is 0 Å². The fourth-order valence-electron chi connectivity index (χ4n) is 1.88. The summed E-state index contributed by atoms with van der Waals surface area (Å²) in [6.45, 7) is 1.57. The number of halogens is 2. The second-order valence-electron chi connectivity index (χ2n) is 4.88. The molecule has 1 heterocycles. The van der Waals surface area contributed by atoms with Gasteiger partial charge in [-0.3, -0.25) is 4.98 Å². The number of carbonyl (C=O) groups is 1. The molecule has 4 nitrogen and oxygen atoms in total. The Bertz CT molecular complexity index is 697. The Hall–Kier alpha value is -2.37. The van der Waals surface area contributed by atoms with Crippen LogP contribution in [0, 0.1) is 0 Å². The van der Waals surface area contributed by atoms with Crippen LogP contribution in [-0.2, 0) is 4.74 Å². The Kier molecular flexibility index (Phi) is 5.52. The van der Waals surface area contributed by atoms with Crippen LogP contribution in [0.25, 0.3) is 11.0 Å².